The van der Waals surface area contributed by atoms with Gasteiger partial charge in [-0.2, -0.15) is 0 Å². The van der Waals surface area contributed by atoms with Crippen molar-refractivity contribution in [1.29, 1.82) is 0 Å². The fourth-order valence-corrected chi connectivity index (χ4v) is 2.78. The highest BCUT2D eigenvalue weighted by molar-refractivity contribution is 14.0. The van der Waals surface area contributed by atoms with Crippen LogP contribution >= 0.6 is 24.0 Å². The van der Waals surface area contributed by atoms with Gasteiger partial charge in [0, 0.05) is 38.9 Å². The summed E-state index contributed by atoms with van der Waals surface area (Å²) in [6, 6.07) is 15.6. The van der Waals surface area contributed by atoms with Crippen molar-refractivity contribution < 1.29 is 9.53 Å². The number of anilines is 1. The standard InChI is InChI=1S/C22H31N5O2.HI/c1-16(2)25-22(28)26-19-10-6-17(7-11-19)14-24-21(23-3)27(4)15-18-8-12-20(29-5)13-9-18;/h6-13,16H,14-15H2,1-5H3,(H,23,24)(H2,25,26,28);1H. The van der Waals surface area contributed by atoms with Crippen molar-refractivity contribution in [3.8, 4) is 5.75 Å². The van der Waals surface area contributed by atoms with Gasteiger partial charge in [-0.05, 0) is 49.2 Å². The number of ether oxygens (including phenoxy) is 1. The third-order valence-electron chi connectivity index (χ3n) is 4.23. The van der Waals surface area contributed by atoms with Gasteiger partial charge in [0.25, 0.3) is 0 Å². The van der Waals surface area contributed by atoms with Crippen molar-refractivity contribution in [3.63, 3.8) is 0 Å². The van der Waals surface area contributed by atoms with Gasteiger partial charge < -0.3 is 25.6 Å². The van der Waals surface area contributed by atoms with Crippen LogP contribution in [0.15, 0.2) is 53.5 Å². The quantitative estimate of drug-likeness (QED) is 0.290. The predicted octanol–water partition coefficient (Wildman–Crippen LogP) is 4.05. The number of urea groups is 1. The Kier molecular flexibility index (Phi) is 11.0. The number of nitrogens with one attached hydrogen (secondary N) is 3. The molecule has 0 aliphatic heterocycles. The molecule has 0 saturated carbocycles. The van der Waals surface area contributed by atoms with Crippen molar-refractivity contribution in [1.82, 2.24) is 15.5 Å². The first-order valence-electron chi connectivity index (χ1n) is 9.62. The van der Waals surface area contributed by atoms with Gasteiger partial charge in [0.2, 0.25) is 0 Å². The van der Waals surface area contributed by atoms with E-state index in [-0.39, 0.29) is 36.0 Å². The fourth-order valence-electron chi connectivity index (χ4n) is 2.78. The van der Waals surface area contributed by atoms with Crippen LogP contribution in [-0.2, 0) is 13.1 Å². The van der Waals surface area contributed by atoms with E-state index in [4.69, 9.17) is 4.74 Å². The molecule has 0 aliphatic carbocycles. The number of amides is 2. The molecule has 7 nitrogen and oxygen atoms in total. The second kappa shape index (κ2) is 12.9. The van der Waals surface area contributed by atoms with Crippen LogP contribution in [0.3, 0.4) is 0 Å². The average Bonchev–Trinajstić information content (AvgIpc) is 2.69. The van der Waals surface area contributed by atoms with Crippen LogP contribution in [0.1, 0.15) is 25.0 Å². The number of benzene rings is 2. The van der Waals surface area contributed by atoms with E-state index >= 15 is 0 Å². The lowest BCUT2D eigenvalue weighted by molar-refractivity contribution is 0.250. The number of guanidine groups is 1. The van der Waals surface area contributed by atoms with Crippen LogP contribution in [0.2, 0.25) is 0 Å². The molecule has 0 heterocycles. The van der Waals surface area contributed by atoms with Crippen LogP contribution in [0.25, 0.3) is 0 Å². The summed E-state index contributed by atoms with van der Waals surface area (Å²) < 4.78 is 5.20. The van der Waals surface area contributed by atoms with Crippen LogP contribution < -0.4 is 20.7 Å². The number of hydrogen-bond donors (Lipinski definition) is 3. The molecule has 0 aromatic heterocycles. The summed E-state index contributed by atoms with van der Waals surface area (Å²) in [5.74, 6) is 1.65. The Labute approximate surface area is 196 Å². The van der Waals surface area contributed by atoms with Crippen LogP contribution in [0.4, 0.5) is 10.5 Å². The van der Waals surface area contributed by atoms with E-state index < -0.39 is 0 Å². The van der Waals surface area contributed by atoms with Gasteiger partial charge in [-0.1, -0.05) is 24.3 Å². The zero-order valence-corrected chi connectivity index (χ0v) is 20.6. The van der Waals surface area contributed by atoms with Crippen LogP contribution in [0, 0.1) is 0 Å². The second-order valence-electron chi connectivity index (χ2n) is 7.05. The maximum Gasteiger partial charge on any atom is 0.319 e. The Hall–Kier alpha value is -2.49. The van der Waals surface area contributed by atoms with Crippen molar-refractivity contribution in [3.05, 3.63) is 59.7 Å². The molecule has 0 spiro atoms. The van der Waals surface area contributed by atoms with E-state index in [1.807, 2.05) is 69.4 Å². The molecule has 0 unspecified atom stereocenters. The highest BCUT2D eigenvalue weighted by Crippen LogP contribution is 2.13. The molecule has 0 atom stereocenters. The number of halogens is 1. The molecule has 2 aromatic rings. The van der Waals surface area contributed by atoms with Gasteiger partial charge in [0.1, 0.15) is 5.75 Å². The Morgan fingerprint density at radius 2 is 1.67 bits per heavy atom. The minimum absolute atomic E-state index is 0. The summed E-state index contributed by atoms with van der Waals surface area (Å²) in [4.78, 5) is 18.2. The normalized spacial score (nSPS) is 10.8. The topological polar surface area (TPSA) is 78.0 Å². The third-order valence-corrected chi connectivity index (χ3v) is 4.23. The van der Waals surface area contributed by atoms with E-state index in [0.29, 0.717) is 6.54 Å². The molecule has 0 radical (unpaired) electrons. The SMILES string of the molecule is CN=C(NCc1ccc(NC(=O)NC(C)C)cc1)N(C)Cc1ccc(OC)cc1.I. The van der Waals surface area contributed by atoms with Crippen molar-refractivity contribution in [2.45, 2.75) is 33.0 Å². The molecule has 164 valence electrons. The van der Waals surface area contributed by atoms with Crippen LogP contribution in [-0.4, -0.2) is 44.1 Å². The first-order chi connectivity index (χ1) is 13.9. The Morgan fingerprint density at radius 1 is 1.07 bits per heavy atom. The summed E-state index contributed by atoms with van der Waals surface area (Å²) in [7, 11) is 5.43. The zero-order chi connectivity index (χ0) is 21.2. The number of carbonyl (C=O) groups is 1. The maximum atomic E-state index is 11.8. The largest absolute Gasteiger partial charge is 0.497 e. The zero-order valence-electron chi connectivity index (χ0n) is 18.2. The minimum Gasteiger partial charge on any atom is -0.497 e. The molecule has 0 bridgehead atoms. The van der Waals surface area contributed by atoms with E-state index in [0.717, 1.165) is 29.5 Å². The molecule has 0 aliphatic rings. The van der Waals surface area contributed by atoms with Gasteiger partial charge in [-0.15, -0.1) is 24.0 Å². The van der Waals surface area contributed by atoms with E-state index in [2.05, 4.69) is 25.8 Å². The lowest BCUT2D eigenvalue weighted by Crippen LogP contribution is -2.38. The molecule has 3 N–H and O–H groups in total. The van der Waals surface area contributed by atoms with Crippen molar-refractivity contribution in [2.75, 3.05) is 26.5 Å². The monoisotopic (exact) mass is 525 g/mol. The second-order valence-corrected chi connectivity index (χ2v) is 7.05. The number of hydrogen-bond acceptors (Lipinski definition) is 3. The minimum atomic E-state index is -0.202. The Morgan fingerprint density at radius 3 is 2.20 bits per heavy atom. The fraction of sp³-hybridized carbons (Fsp3) is 0.364. The molecular weight excluding hydrogens is 493 g/mol. The van der Waals surface area contributed by atoms with Gasteiger partial charge in [-0.25, -0.2) is 4.79 Å². The summed E-state index contributed by atoms with van der Waals surface area (Å²) in [5.41, 5.74) is 3.03. The Bertz CT molecular complexity index is 807. The lowest BCUT2D eigenvalue weighted by Gasteiger charge is -2.22. The molecule has 8 heteroatoms. The smallest absolute Gasteiger partial charge is 0.319 e. The maximum absolute atomic E-state index is 11.8. The summed E-state index contributed by atoms with van der Waals surface area (Å²) in [5, 5.41) is 8.99. The third kappa shape index (κ3) is 8.48. The van der Waals surface area contributed by atoms with Crippen molar-refractivity contribution >= 4 is 41.7 Å². The molecule has 2 rings (SSSR count). The van der Waals surface area contributed by atoms with E-state index in [1.165, 1.54) is 5.56 Å². The summed E-state index contributed by atoms with van der Waals surface area (Å²) in [6.07, 6.45) is 0. The first kappa shape index (κ1) is 25.5. The van der Waals surface area contributed by atoms with Gasteiger partial charge >= 0.3 is 6.03 Å². The highest BCUT2D eigenvalue weighted by Gasteiger charge is 2.08. The molecule has 2 amide bonds. The summed E-state index contributed by atoms with van der Waals surface area (Å²) in [6.45, 7) is 5.22. The molecule has 30 heavy (non-hydrogen) atoms. The van der Waals surface area contributed by atoms with Gasteiger partial charge in [0.05, 0.1) is 7.11 Å². The highest BCUT2D eigenvalue weighted by atomic mass is 127. The molecule has 0 saturated heterocycles. The Balaban J connectivity index is 0.00000450. The van der Waals surface area contributed by atoms with E-state index in [1.54, 1.807) is 14.2 Å². The average molecular weight is 525 g/mol. The predicted molar refractivity (Wildman–Crippen MR) is 134 cm³/mol. The first-order valence-corrected chi connectivity index (χ1v) is 9.62. The summed E-state index contributed by atoms with van der Waals surface area (Å²) >= 11 is 0. The number of rotatable bonds is 7. The van der Waals surface area contributed by atoms with Gasteiger partial charge in [-0.3, -0.25) is 4.99 Å². The van der Waals surface area contributed by atoms with Crippen LogP contribution in [0.5, 0.6) is 5.75 Å². The number of methoxy groups -OCH3 is 1. The number of aliphatic imine (C=N–C) groups is 1. The molecule has 2 aromatic carbocycles. The number of nitrogens with zero attached hydrogens (tertiary/aromatic N) is 2. The molecular formula is C22H32IN5O2. The molecule has 0 fully saturated rings. The van der Waals surface area contributed by atoms with Gasteiger partial charge in [0.15, 0.2) is 5.96 Å². The number of carbonyl (C=O) groups excluding carboxylic acids is 1. The lowest BCUT2D eigenvalue weighted by atomic mass is 10.2. The van der Waals surface area contributed by atoms with E-state index in [9.17, 15) is 4.79 Å². The van der Waals surface area contributed by atoms with Crippen molar-refractivity contribution in [2.24, 2.45) is 4.99 Å².